The summed E-state index contributed by atoms with van der Waals surface area (Å²) in [7, 11) is -9.90. The fourth-order valence-electron chi connectivity index (χ4n) is 3.05. The number of amides is 3. The largest absolute Gasteiger partial charge is 0.419 e. The number of aromatic nitrogens is 2. The van der Waals surface area contributed by atoms with Gasteiger partial charge in [0.15, 0.2) is 0 Å². The predicted octanol–water partition coefficient (Wildman–Crippen LogP) is -0.397. The smallest absolute Gasteiger partial charge is 0.299 e. The van der Waals surface area contributed by atoms with Crippen molar-refractivity contribution in [2.45, 2.75) is 36.4 Å². The maximum absolute atomic E-state index is 12.7. The number of hydrogen-bond acceptors (Lipinski definition) is 9. The Morgan fingerprint density at radius 3 is 2.30 bits per heavy atom. The van der Waals surface area contributed by atoms with Crippen molar-refractivity contribution >= 4 is 32.9 Å². The fourth-order valence-corrected chi connectivity index (χ4v) is 4.65. The molecule has 2 bridgehead atoms. The third-order valence-corrected chi connectivity index (χ3v) is 6.23. The molecule has 3 rings (SSSR count). The number of piperidine rings is 1. The van der Waals surface area contributed by atoms with Crippen molar-refractivity contribution in [3.63, 3.8) is 0 Å². The first-order valence-corrected chi connectivity index (χ1v) is 10.7. The highest BCUT2D eigenvalue weighted by molar-refractivity contribution is 7.89. The van der Waals surface area contributed by atoms with Crippen LogP contribution >= 0.6 is 0 Å². The van der Waals surface area contributed by atoms with Gasteiger partial charge in [-0.25, -0.2) is 19.1 Å². The van der Waals surface area contributed by atoms with Crippen molar-refractivity contribution in [2.75, 3.05) is 6.54 Å². The van der Waals surface area contributed by atoms with Gasteiger partial charge in [0, 0.05) is 18.9 Å². The zero-order chi connectivity index (χ0) is 22.5. The van der Waals surface area contributed by atoms with Crippen LogP contribution in [0.2, 0.25) is 0 Å². The Kier molecular flexibility index (Phi) is 5.37. The van der Waals surface area contributed by atoms with Crippen LogP contribution in [0.3, 0.4) is 0 Å². The molecule has 2 atom stereocenters. The minimum Gasteiger partial charge on any atom is -0.299 e. The number of nitrogens with zero attached hydrogens (tertiary/aromatic N) is 5. The first-order valence-electron chi connectivity index (χ1n) is 7.90. The predicted molar refractivity (Wildman–Crippen MR) is 85.5 cm³/mol. The Bertz CT molecular complexity index is 1060. The molecule has 0 saturated carbocycles. The summed E-state index contributed by atoms with van der Waals surface area (Å²) in [5.74, 6) is 0. The van der Waals surface area contributed by atoms with Crippen molar-refractivity contribution in [3.8, 4) is 0 Å². The summed E-state index contributed by atoms with van der Waals surface area (Å²) in [5, 5.41) is -0.776. The molecule has 2 aliphatic heterocycles. The number of alkyl halides is 3. The molecule has 2 fully saturated rings. The van der Waals surface area contributed by atoms with E-state index in [-0.39, 0.29) is 42.5 Å². The monoisotopic (exact) mass is 475 g/mol. The third kappa shape index (κ3) is 4.02. The first kappa shape index (κ1) is 22.1. The number of hydrogen-bond donors (Lipinski definition) is 1. The number of hydroxylamine groups is 2. The Morgan fingerprint density at radius 1 is 1.20 bits per heavy atom. The van der Waals surface area contributed by atoms with E-state index in [0.717, 1.165) is 4.90 Å². The second-order valence-electron chi connectivity index (χ2n) is 6.17. The lowest BCUT2D eigenvalue weighted by molar-refractivity contribution is -0.138. The Hall–Kier alpha value is -2.57. The molecule has 0 unspecified atom stereocenters. The number of carbonyl (C=O) groups is 2. The van der Waals surface area contributed by atoms with Gasteiger partial charge in [0.2, 0.25) is 6.41 Å². The third-order valence-electron chi connectivity index (χ3n) is 4.33. The highest BCUT2D eigenvalue weighted by Gasteiger charge is 2.51. The number of urea groups is 1. The maximum Gasteiger partial charge on any atom is 0.419 e. The van der Waals surface area contributed by atoms with Crippen LogP contribution < -0.4 is 0 Å². The van der Waals surface area contributed by atoms with Gasteiger partial charge in [0.05, 0.1) is 11.6 Å². The fraction of sp³-hybridized carbons (Fsp3) is 0.500. The minimum atomic E-state index is -5.04. The summed E-state index contributed by atoms with van der Waals surface area (Å²) in [5.41, 5.74) is -1.31. The van der Waals surface area contributed by atoms with E-state index >= 15 is 0 Å². The average molecular weight is 475 g/mol. The van der Waals surface area contributed by atoms with Gasteiger partial charge in [0.1, 0.15) is 6.17 Å². The number of rotatable bonds is 6. The van der Waals surface area contributed by atoms with Crippen LogP contribution in [0.1, 0.15) is 18.4 Å². The highest BCUT2D eigenvalue weighted by atomic mass is 32.3. The molecule has 0 spiro atoms. The van der Waals surface area contributed by atoms with Crippen LogP contribution in [0.5, 0.6) is 0 Å². The van der Waals surface area contributed by atoms with Gasteiger partial charge >= 0.3 is 32.6 Å². The number of sulfonamides is 1. The van der Waals surface area contributed by atoms with Crippen LogP contribution in [0, 0.1) is 0 Å². The maximum atomic E-state index is 12.7. The molecule has 0 aromatic carbocycles. The average Bonchev–Trinajstić information content (AvgIpc) is 2.87. The molecular weight excluding hydrogens is 463 g/mol. The summed E-state index contributed by atoms with van der Waals surface area (Å²) >= 11 is 0. The van der Waals surface area contributed by atoms with Gasteiger partial charge in [-0.15, -0.1) is 4.28 Å². The normalized spacial score (nSPS) is 22.3. The van der Waals surface area contributed by atoms with Gasteiger partial charge in [0.25, 0.3) is 5.16 Å². The Balaban J connectivity index is 1.89. The second-order valence-corrected chi connectivity index (χ2v) is 8.91. The summed E-state index contributed by atoms with van der Waals surface area (Å²) in [6.45, 7) is -0.243. The van der Waals surface area contributed by atoms with Crippen LogP contribution in [0.25, 0.3) is 0 Å². The van der Waals surface area contributed by atoms with E-state index in [0.29, 0.717) is 5.06 Å². The van der Waals surface area contributed by atoms with E-state index in [2.05, 4.69) is 14.3 Å². The molecule has 1 aromatic rings. The lowest BCUT2D eigenvalue weighted by atomic mass is 10.1. The van der Waals surface area contributed by atoms with Gasteiger partial charge in [-0.2, -0.15) is 35.1 Å². The van der Waals surface area contributed by atoms with Crippen molar-refractivity contribution in [1.82, 2.24) is 24.2 Å². The molecule has 30 heavy (non-hydrogen) atoms. The van der Waals surface area contributed by atoms with Gasteiger partial charge in [-0.3, -0.25) is 14.2 Å². The molecule has 2 aliphatic rings. The second kappa shape index (κ2) is 7.29. The van der Waals surface area contributed by atoms with Crippen molar-refractivity contribution in [2.24, 2.45) is 0 Å². The summed E-state index contributed by atoms with van der Waals surface area (Å²) in [6.07, 6.45) is -6.15. The number of carbonyl (C=O) groups excluding carboxylic acids is 2. The van der Waals surface area contributed by atoms with Crippen LogP contribution in [-0.4, -0.2) is 76.8 Å². The SMILES string of the molecule is O=CN([C@H]1CC[C@@H]2CN1C(=O)N2OS(=O)(=O)O)S(=O)(=O)c1ncc(C(F)(F)F)cn1. The van der Waals surface area contributed by atoms with Crippen molar-refractivity contribution in [1.29, 1.82) is 0 Å². The van der Waals surface area contributed by atoms with E-state index in [9.17, 15) is 39.6 Å². The molecule has 18 heteroatoms. The van der Waals surface area contributed by atoms with Gasteiger partial charge in [-0.05, 0) is 12.8 Å². The van der Waals surface area contributed by atoms with Crippen LogP contribution in [0.4, 0.5) is 18.0 Å². The molecular formula is C12H12F3N5O8S2. The lowest BCUT2D eigenvalue weighted by Crippen LogP contribution is -2.53. The standard InChI is InChI=1S/C12H12F3N5O8S2/c13-12(14,15)7-3-16-10(17-4-7)29(23,24)19(6-21)9-2-1-8-5-18(9)11(22)20(8)28-30(25,26)27/h3-4,6,8-9H,1-2,5H2,(H,25,26,27)/t8-,9+/m1/s1. The molecule has 1 aromatic heterocycles. The number of halogens is 3. The molecule has 2 saturated heterocycles. The minimum absolute atomic E-state index is 0.0177. The molecule has 0 aliphatic carbocycles. The van der Waals surface area contributed by atoms with Crippen LogP contribution in [-0.2, 0) is 35.7 Å². The molecule has 166 valence electrons. The number of fused-ring (bicyclic) bond motifs is 2. The molecule has 3 amide bonds. The molecule has 1 N–H and O–H groups in total. The quantitative estimate of drug-likeness (QED) is 0.325. The first-order chi connectivity index (χ1) is 13.8. The van der Waals surface area contributed by atoms with E-state index in [4.69, 9.17) is 4.55 Å². The van der Waals surface area contributed by atoms with Crippen molar-refractivity contribution in [3.05, 3.63) is 18.0 Å². The summed E-state index contributed by atoms with van der Waals surface area (Å²) in [6, 6.07) is -2.00. The topological polar surface area (TPSA) is 167 Å². The zero-order valence-electron chi connectivity index (χ0n) is 14.5. The zero-order valence-corrected chi connectivity index (χ0v) is 16.1. The van der Waals surface area contributed by atoms with E-state index in [1.54, 1.807) is 0 Å². The summed E-state index contributed by atoms with van der Waals surface area (Å²) in [4.78, 5) is 31.0. The van der Waals surface area contributed by atoms with E-state index in [1.165, 1.54) is 0 Å². The highest BCUT2D eigenvalue weighted by Crippen LogP contribution is 2.34. The van der Waals surface area contributed by atoms with Crippen LogP contribution in [0.15, 0.2) is 17.6 Å². The Morgan fingerprint density at radius 2 is 1.80 bits per heavy atom. The van der Waals surface area contributed by atoms with Crippen molar-refractivity contribution < 1.29 is 48.4 Å². The molecule has 13 nitrogen and oxygen atoms in total. The van der Waals surface area contributed by atoms with E-state index < -0.39 is 55.6 Å². The van der Waals surface area contributed by atoms with Gasteiger partial charge < -0.3 is 0 Å². The molecule has 0 radical (unpaired) electrons. The Labute approximate surface area is 167 Å². The van der Waals surface area contributed by atoms with Gasteiger partial charge in [-0.1, -0.05) is 0 Å². The molecule has 3 heterocycles. The summed E-state index contributed by atoms with van der Waals surface area (Å²) < 4.78 is 98.1. The lowest BCUT2D eigenvalue weighted by Gasteiger charge is -2.35. The van der Waals surface area contributed by atoms with E-state index in [1.807, 2.05) is 0 Å².